The van der Waals surface area contributed by atoms with E-state index in [1.165, 1.54) is 18.3 Å². The highest BCUT2D eigenvalue weighted by molar-refractivity contribution is 5.95. The molecule has 3 rings (SSSR count). The molecule has 7 nitrogen and oxygen atoms in total. The number of nitrogens with one attached hydrogen (secondary N) is 2. The van der Waals surface area contributed by atoms with Gasteiger partial charge in [0, 0.05) is 23.9 Å². The number of aromatic hydroxyl groups is 1. The van der Waals surface area contributed by atoms with Crippen LogP contribution in [-0.2, 0) is 13.2 Å². The molecule has 0 unspecified atom stereocenters. The van der Waals surface area contributed by atoms with Gasteiger partial charge in [0.1, 0.15) is 11.6 Å². The van der Waals surface area contributed by atoms with Crippen LogP contribution in [-0.4, -0.2) is 27.4 Å². The van der Waals surface area contributed by atoms with E-state index in [0.29, 0.717) is 27.9 Å². The lowest BCUT2D eigenvalue weighted by atomic mass is 10.0. The molecular formula is C22H21F3N4O3. The third-order valence-corrected chi connectivity index (χ3v) is 4.79. The molecule has 0 bridgehead atoms. The number of aromatic nitrogens is 1. The minimum absolute atomic E-state index is 0.00238. The molecule has 1 heterocycles. The molecule has 2 aromatic carbocycles. The fourth-order valence-corrected chi connectivity index (χ4v) is 3.10. The van der Waals surface area contributed by atoms with Crippen molar-refractivity contribution in [2.45, 2.75) is 26.4 Å². The first kappa shape index (κ1) is 22.9. The number of anilines is 1. The van der Waals surface area contributed by atoms with Crippen molar-refractivity contribution < 1.29 is 28.1 Å². The number of nitrogens with two attached hydrogens (primary N) is 1. The Kier molecular flexibility index (Phi) is 6.54. The van der Waals surface area contributed by atoms with Crippen LogP contribution in [0.2, 0.25) is 0 Å². The Balaban J connectivity index is 1.92. The second-order valence-corrected chi connectivity index (χ2v) is 6.96. The lowest BCUT2D eigenvalue weighted by molar-refractivity contribution is -0.274. The van der Waals surface area contributed by atoms with E-state index in [0.717, 1.165) is 0 Å². The SMILES string of the molecule is Cc1ncc(CNc2ccc(-c3ccc(C(=N)N)cc3)cc2OC(F)(F)F)c(CO)c1O. The van der Waals surface area contributed by atoms with Gasteiger partial charge in [-0.1, -0.05) is 30.3 Å². The minimum atomic E-state index is -4.91. The summed E-state index contributed by atoms with van der Waals surface area (Å²) in [6.45, 7) is 1.12. The standard InChI is InChI=1S/C22H21F3N4O3/c1-12-20(31)17(11-30)16(9-28-12)10-29-18-7-6-15(8-19(18)32-22(23,24)25)13-2-4-14(5-3-13)21(26)27/h2-9,29-31H,10-11H2,1H3,(H3,26,27). The van der Waals surface area contributed by atoms with Gasteiger partial charge in [-0.05, 0) is 35.7 Å². The van der Waals surface area contributed by atoms with Gasteiger partial charge < -0.3 is 26.0 Å². The highest BCUT2D eigenvalue weighted by Crippen LogP contribution is 2.35. The zero-order valence-electron chi connectivity index (χ0n) is 17.0. The van der Waals surface area contributed by atoms with E-state index in [1.54, 1.807) is 37.3 Å². The van der Waals surface area contributed by atoms with Crippen LogP contribution in [0.3, 0.4) is 0 Å². The van der Waals surface area contributed by atoms with Crippen LogP contribution in [0.15, 0.2) is 48.7 Å². The molecule has 0 saturated heterocycles. The number of ether oxygens (including phenoxy) is 1. The van der Waals surface area contributed by atoms with Gasteiger partial charge in [0.15, 0.2) is 5.75 Å². The number of hydrogen-bond donors (Lipinski definition) is 5. The average molecular weight is 446 g/mol. The number of halogens is 3. The molecule has 0 saturated carbocycles. The summed E-state index contributed by atoms with van der Waals surface area (Å²) >= 11 is 0. The second-order valence-electron chi connectivity index (χ2n) is 6.96. The molecule has 6 N–H and O–H groups in total. The maximum atomic E-state index is 13.0. The molecule has 3 aromatic rings. The van der Waals surface area contributed by atoms with Crippen LogP contribution < -0.4 is 15.8 Å². The van der Waals surface area contributed by atoms with Crippen molar-refractivity contribution in [3.05, 3.63) is 71.0 Å². The predicted octanol–water partition coefficient (Wildman–Crippen LogP) is 4.05. The Labute approximate surface area is 181 Å². The van der Waals surface area contributed by atoms with Crippen molar-refractivity contribution in [1.29, 1.82) is 5.41 Å². The molecular weight excluding hydrogens is 425 g/mol. The van der Waals surface area contributed by atoms with Gasteiger partial charge in [0.2, 0.25) is 0 Å². The molecule has 0 spiro atoms. The molecule has 10 heteroatoms. The van der Waals surface area contributed by atoms with E-state index in [4.69, 9.17) is 11.1 Å². The molecule has 0 aliphatic rings. The largest absolute Gasteiger partial charge is 0.573 e. The molecule has 0 radical (unpaired) electrons. The summed E-state index contributed by atoms with van der Waals surface area (Å²) in [5.41, 5.74) is 8.07. The predicted molar refractivity (Wildman–Crippen MR) is 113 cm³/mol. The Morgan fingerprint density at radius 2 is 1.81 bits per heavy atom. The summed E-state index contributed by atoms with van der Waals surface area (Å²) in [6, 6.07) is 10.8. The maximum Gasteiger partial charge on any atom is 0.573 e. The molecule has 0 aliphatic heterocycles. The summed E-state index contributed by atoms with van der Waals surface area (Å²) in [7, 11) is 0. The lowest BCUT2D eigenvalue weighted by Crippen LogP contribution is -2.18. The summed E-state index contributed by atoms with van der Waals surface area (Å²) in [4.78, 5) is 4.02. The molecule has 0 atom stereocenters. The number of aliphatic hydroxyl groups excluding tert-OH is 1. The Morgan fingerprint density at radius 3 is 2.41 bits per heavy atom. The van der Waals surface area contributed by atoms with E-state index in [1.807, 2.05) is 0 Å². The lowest BCUT2D eigenvalue weighted by Gasteiger charge is -2.17. The second kappa shape index (κ2) is 9.15. The van der Waals surface area contributed by atoms with E-state index in [9.17, 15) is 23.4 Å². The Hall–Kier alpha value is -3.79. The van der Waals surface area contributed by atoms with Gasteiger partial charge in [-0.25, -0.2) is 0 Å². The van der Waals surface area contributed by atoms with Crippen LogP contribution in [0.5, 0.6) is 11.5 Å². The Bertz CT molecular complexity index is 1130. The molecule has 0 fully saturated rings. The minimum Gasteiger partial charge on any atom is -0.506 e. The van der Waals surface area contributed by atoms with Crippen molar-refractivity contribution in [1.82, 2.24) is 4.98 Å². The number of benzene rings is 2. The van der Waals surface area contributed by atoms with Crippen LogP contribution in [0.1, 0.15) is 22.4 Å². The van der Waals surface area contributed by atoms with Crippen LogP contribution >= 0.6 is 0 Å². The molecule has 0 aliphatic carbocycles. The quantitative estimate of drug-likeness (QED) is 0.276. The van der Waals surface area contributed by atoms with Crippen LogP contribution in [0.4, 0.5) is 18.9 Å². The monoisotopic (exact) mass is 446 g/mol. The summed E-state index contributed by atoms with van der Waals surface area (Å²) < 4.78 is 43.3. The number of hydrogen-bond acceptors (Lipinski definition) is 6. The molecule has 32 heavy (non-hydrogen) atoms. The Morgan fingerprint density at radius 1 is 1.16 bits per heavy atom. The molecule has 168 valence electrons. The fourth-order valence-electron chi connectivity index (χ4n) is 3.10. The third kappa shape index (κ3) is 5.27. The number of amidine groups is 1. The van der Waals surface area contributed by atoms with Gasteiger partial charge in [0.05, 0.1) is 18.0 Å². The van der Waals surface area contributed by atoms with Gasteiger partial charge in [-0.15, -0.1) is 13.2 Å². The molecule has 1 aromatic heterocycles. The first-order valence-electron chi connectivity index (χ1n) is 9.44. The number of alkyl halides is 3. The number of nitrogen functional groups attached to an aromatic ring is 1. The number of nitrogens with zero attached hydrogens (tertiary/aromatic N) is 1. The van der Waals surface area contributed by atoms with Crippen molar-refractivity contribution in [3.63, 3.8) is 0 Å². The van der Waals surface area contributed by atoms with E-state index < -0.39 is 18.7 Å². The van der Waals surface area contributed by atoms with E-state index in [2.05, 4.69) is 15.0 Å². The first-order valence-corrected chi connectivity index (χ1v) is 9.44. The number of rotatable bonds is 7. The normalized spacial score (nSPS) is 11.3. The van der Waals surface area contributed by atoms with E-state index in [-0.39, 0.29) is 29.4 Å². The van der Waals surface area contributed by atoms with Crippen molar-refractivity contribution in [3.8, 4) is 22.6 Å². The first-order chi connectivity index (χ1) is 15.1. The zero-order chi connectivity index (χ0) is 23.5. The average Bonchev–Trinajstić information content (AvgIpc) is 2.74. The van der Waals surface area contributed by atoms with Crippen LogP contribution in [0, 0.1) is 12.3 Å². The maximum absolute atomic E-state index is 13.0. The number of pyridine rings is 1. The summed E-state index contributed by atoms with van der Waals surface area (Å²) in [6.07, 6.45) is -3.48. The third-order valence-electron chi connectivity index (χ3n) is 4.79. The van der Waals surface area contributed by atoms with Gasteiger partial charge in [-0.3, -0.25) is 10.4 Å². The highest BCUT2D eigenvalue weighted by Gasteiger charge is 2.32. The van der Waals surface area contributed by atoms with Crippen molar-refractivity contribution in [2.24, 2.45) is 5.73 Å². The van der Waals surface area contributed by atoms with Crippen molar-refractivity contribution in [2.75, 3.05) is 5.32 Å². The van der Waals surface area contributed by atoms with E-state index >= 15 is 0 Å². The topological polar surface area (TPSA) is 124 Å². The van der Waals surface area contributed by atoms with Crippen molar-refractivity contribution >= 4 is 11.5 Å². The highest BCUT2D eigenvalue weighted by atomic mass is 19.4. The van der Waals surface area contributed by atoms with Crippen LogP contribution in [0.25, 0.3) is 11.1 Å². The summed E-state index contributed by atoms with van der Waals surface area (Å²) in [5, 5.41) is 29.9. The zero-order valence-corrected chi connectivity index (χ0v) is 17.0. The summed E-state index contributed by atoms with van der Waals surface area (Å²) in [5.74, 6) is -0.723. The van der Waals surface area contributed by atoms with Gasteiger partial charge >= 0.3 is 6.36 Å². The number of aryl methyl sites for hydroxylation is 1. The molecule has 0 amide bonds. The van der Waals surface area contributed by atoms with Gasteiger partial charge in [-0.2, -0.15) is 0 Å². The van der Waals surface area contributed by atoms with Gasteiger partial charge in [0.25, 0.3) is 0 Å². The smallest absolute Gasteiger partial charge is 0.506 e. The number of aliphatic hydroxyl groups is 1. The fraction of sp³-hybridized carbons (Fsp3) is 0.182.